The molecule has 0 aliphatic rings. The molecule has 0 saturated carbocycles. The van der Waals surface area contributed by atoms with Gasteiger partial charge in [0.05, 0.1) is 0 Å². The Balaban J connectivity index is 2.59. The Hall–Kier alpha value is -1.02. The fraction of sp³-hybridized carbons (Fsp3) is 0.222. The number of para-hydroxylation sites is 1. The number of amides is 1. The highest BCUT2D eigenvalue weighted by atomic mass is 35.5. The normalized spacial score (nSPS) is 12.2. The van der Waals surface area contributed by atoms with E-state index in [9.17, 15) is 4.79 Å². The molecule has 1 aromatic carbocycles. The number of alkyl halides is 1. The van der Waals surface area contributed by atoms with Crippen molar-refractivity contribution in [1.82, 2.24) is 0 Å². The van der Waals surface area contributed by atoms with Crippen molar-refractivity contribution in [2.75, 3.05) is 5.32 Å². The fourth-order valence-electron chi connectivity index (χ4n) is 0.763. The van der Waals surface area contributed by atoms with Gasteiger partial charge in [-0.15, -0.1) is 11.6 Å². The standard InChI is InChI=1S/C9H10ClNO/c1-7(10)9(12)11-8-5-3-2-4-6-8/h2-7H,1H3,(H,11,12). The van der Waals surface area contributed by atoms with Crippen LogP contribution in [0.4, 0.5) is 5.69 Å². The Morgan fingerprint density at radius 1 is 1.42 bits per heavy atom. The Bertz CT molecular complexity index is 258. The van der Waals surface area contributed by atoms with Crippen molar-refractivity contribution in [2.24, 2.45) is 0 Å². The van der Waals surface area contributed by atoms with Gasteiger partial charge in [-0.2, -0.15) is 0 Å². The number of hydrogen-bond acceptors (Lipinski definition) is 1. The second kappa shape index (κ2) is 4.12. The van der Waals surface area contributed by atoms with Crippen LogP contribution in [0.5, 0.6) is 0 Å². The molecular weight excluding hydrogens is 174 g/mol. The van der Waals surface area contributed by atoms with E-state index in [0.717, 1.165) is 5.69 Å². The Labute approximate surface area is 76.5 Å². The maximum atomic E-state index is 11.1. The minimum atomic E-state index is -0.495. The molecule has 0 heterocycles. The van der Waals surface area contributed by atoms with Crippen molar-refractivity contribution >= 4 is 23.2 Å². The van der Waals surface area contributed by atoms with Gasteiger partial charge in [0.2, 0.25) is 5.91 Å². The maximum absolute atomic E-state index is 11.1. The highest BCUT2D eigenvalue weighted by Crippen LogP contribution is 2.06. The van der Waals surface area contributed by atoms with E-state index in [0.29, 0.717) is 0 Å². The van der Waals surface area contributed by atoms with Crippen LogP contribution in [-0.4, -0.2) is 11.3 Å². The van der Waals surface area contributed by atoms with E-state index in [1.54, 1.807) is 6.92 Å². The van der Waals surface area contributed by atoms with Crippen LogP contribution in [0.1, 0.15) is 6.92 Å². The minimum Gasteiger partial charge on any atom is -0.325 e. The van der Waals surface area contributed by atoms with Gasteiger partial charge in [-0.3, -0.25) is 4.79 Å². The minimum absolute atomic E-state index is 0.178. The van der Waals surface area contributed by atoms with Gasteiger partial charge in [0.15, 0.2) is 0 Å². The highest BCUT2D eigenvalue weighted by molar-refractivity contribution is 6.32. The zero-order valence-corrected chi connectivity index (χ0v) is 7.51. The Morgan fingerprint density at radius 2 is 2.00 bits per heavy atom. The van der Waals surface area contributed by atoms with Crippen LogP contribution in [0.25, 0.3) is 0 Å². The summed E-state index contributed by atoms with van der Waals surface area (Å²) in [6.45, 7) is 1.64. The summed E-state index contributed by atoms with van der Waals surface area (Å²) in [5.41, 5.74) is 0.773. The zero-order chi connectivity index (χ0) is 8.97. The molecule has 1 unspecified atom stereocenters. The molecule has 1 rings (SSSR count). The van der Waals surface area contributed by atoms with Crippen LogP contribution in [0.2, 0.25) is 0 Å². The number of carbonyl (C=O) groups is 1. The van der Waals surface area contributed by atoms with E-state index in [-0.39, 0.29) is 5.91 Å². The Morgan fingerprint density at radius 3 is 2.50 bits per heavy atom. The molecule has 0 fully saturated rings. The molecule has 0 radical (unpaired) electrons. The first kappa shape index (κ1) is 9.07. The summed E-state index contributed by atoms with van der Waals surface area (Å²) in [6.07, 6.45) is 0. The lowest BCUT2D eigenvalue weighted by Gasteiger charge is -2.04. The fourth-order valence-corrected chi connectivity index (χ4v) is 0.818. The van der Waals surface area contributed by atoms with Gasteiger partial charge >= 0.3 is 0 Å². The summed E-state index contributed by atoms with van der Waals surface area (Å²) in [4.78, 5) is 11.1. The van der Waals surface area contributed by atoms with Crippen molar-refractivity contribution in [1.29, 1.82) is 0 Å². The first-order valence-electron chi connectivity index (χ1n) is 3.70. The molecule has 1 amide bonds. The van der Waals surface area contributed by atoms with Gasteiger partial charge in [0.25, 0.3) is 0 Å². The molecule has 64 valence electrons. The number of halogens is 1. The van der Waals surface area contributed by atoms with E-state index in [2.05, 4.69) is 5.32 Å². The maximum Gasteiger partial charge on any atom is 0.242 e. The summed E-state index contributed by atoms with van der Waals surface area (Å²) >= 11 is 5.57. The van der Waals surface area contributed by atoms with Crippen molar-refractivity contribution in [2.45, 2.75) is 12.3 Å². The molecule has 0 bridgehead atoms. The summed E-state index contributed by atoms with van der Waals surface area (Å²) in [5, 5.41) is 2.18. The number of benzene rings is 1. The summed E-state index contributed by atoms with van der Waals surface area (Å²) < 4.78 is 0. The topological polar surface area (TPSA) is 29.1 Å². The Kier molecular flexibility index (Phi) is 3.11. The monoisotopic (exact) mass is 183 g/mol. The quantitative estimate of drug-likeness (QED) is 0.701. The van der Waals surface area contributed by atoms with Crippen LogP contribution in [-0.2, 0) is 4.79 Å². The summed E-state index contributed by atoms with van der Waals surface area (Å²) in [7, 11) is 0. The number of nitrogens with one attached hydrogen (secondary N) is 1. The SMILES string of the molecule is CC(Cl)C(=O)Nc1ccccc1. The lowest BCUT2D eigenvalue weighted by atomic mass is 10.3. The molecule has 1 aromatic rings. The van der Waals surface area contributed by atoms with Crippen LogP contribution >= 0.6 is 11.6 Å². The molecule has 12 heavy (non-hydrogen) atoms. The second-order valence-corrected chi connectivity index (χ2v) is 3.13. The van der Waals surface area contributed by atoms with Gasteiger partial charge in [0.1, 0.15) is 5.38 Å². The van der Waals surface area contributed by atoms with Crippen LogP contribution in [0.15, 0.2) is 30.3 Å². The first-order valence-corrected chi connectivity index (χ1v) is 4.14. The smallest absolute Gasteiger partial charge is 0.242 e. The summed E-state index contributed by atoms with van der Waals surface area (Å²) in [5.74, 6) is -0.178. The third-order valence-electron chi connectivity index (χ3n) is 1.40. The zero-order valence-electron chi connectivity index (χ0n) is 6.75. The predicted octanol–water partition coefficient (Wildman–Crippen LogP) is 2.25. The van der Waals surface area contributed by atoms with E-state index in [4.69, 9.17) is 11.6 Å². The van der Waals surface area contributed by atoms with Crippen molar-refractivity contribution < 1.29 is 4.79 Å². The molecule has 0 aromatic heterocycles. The molecule has 0 spiro atoms. The second-order valence-electron chi connectivity index (χ2n) is 2.47. The van der Waals surface area contributed by atoms with Gasteiger partial charge in [-0.05, 0) is 19.1 Å². The van der Waals surface area contributed by atoms with Gasteiger partial charge in [0, 0.05) is 5.69 Å². The van der Waals surface area contributed by atoms with Gasteiger partial charge in [-0.1, -0.05) is 18.2 Å². The van der Waals surface area contributed by atoms with Gasteiger partial charge in [-0.25, -0.2) is 0 Å². The summed E-state index contributed by atoms with van der Waals surface area (Å²) in [6, 6.07) is 9.23. The van der Waals surface area contributed by atoms with E-state index < -0.39 is 5.38 Å². The average molecular weight is 184 g/mol. The third-order valence-corrected chi connectivity index (χ3v) is 1.60. The van der Waals surface area contributed by atoms with Crippen molar-refractivity contribution in [3.05, 3.63) is 30.3 Å². The van der Waals surface area contributed by atoms with Crippen LogP contribution in [0.3, 0.4) is 0 Å². The first-order chi connectivity index (χ1) is 5.70. The third kappa shape index (κ3) is 2.55. The van der Waals surface area contributed by atoms with Crippen molar-refractivity contribution in [3.63, 3.8) is 0 Å². The molecule has 0 aliphatic heterocycles. The lowest BCUT2D eigenvalue weighted by Crippen LogP contribution is -2.20. The van der Waals surface area contributed by atoms with Crippen LogP contribution < -0.4 is 5.32 Å². The molecule has 0 saturated heterocycles. The average Bonchev–Trinajstić information content (AvgIpc) is 2.06. The number of rotatable bonds is 2. The molecule has 2 nitrogen and oxygen atoms in total. The van der Waals surface area contributed by atoms with E-state index in [1.165, 1.54) is 0 Å². The number of carbonyl (C=O) groups excluding carboxylic acids is 1. The van der Waals surface area contributed by atoms with Gasteiger partial charge < -0.3 is 5.32 Å². The predicted molar refractivity (Wildman–Crippen MR) is 50.4 cm³/mol. The molecule has 3 heteroatoms. The molecular formula is C9H10ClNO. The highest BCUT2D eigenvalue weighted by Gasteiger charge is 2.07. The van der Waals surface area contributed by atoms with Crippen LogP contribution in [0, 0.1) is 0 Å². The van der Waals surface area contributed by atoms with E-state index >= 15 is 0 Å². The molecule has 1 N–H and O–H groups in total. The molecule has 1 atom stereocenters. The van der Waals surface area contributed by atoms with E-state index in [1.807, 2.05) is 30.3 Å². The number of anilines is 1. The number of hydrogen-bond donors (Lipinski definition) is 1. The lowest BCUT2D eigenvalue weighted by molar-refractivity contribution is -0.115. The largest absolute Gasteiger partial charge is 0.325 e. The molecule has 0 aliphatic carbocycles. The van der Waals surface area contributed by atoms with Crippen molar-refractivity contribution in [3.8, 4) is 0 Å².